The van der Waals surface area contributed by atoms with Crippen LogP contribution >= 0.6 is 0 Å². The van der Waals surface area contributed by atoms with E-state index in [1.54, 1.807) is 48.5 Å². The van der Waals surface area contributed by atoms with Crippen LogP contribution in [0.2, 0.25) is 0 Å². The molecule has 0 amide bonds. The highest BCUT2D eigenvalue weighted by Gasteiger charge is 2.24. The Morgan fingerprint density at radius 3 is 0.800 bits per heavy atom. The summed E-state index contributed by atoms with van der Waals surface area (Å²) in [6.45, 7) is 0. The summed E-state index contributed by atoms with van der Waals surface area (Å²) in [6.07, 6.45) is 0. The maximum atomic E-state index is 9.97. The molecule has 0 aliphatic rings. The molecule has 0 saturated carbocycles. The Hall–Kier alpha value is -5.22. The maximum Gasteiger partial charge on any atom is 0.115 e. The predicted octanol–water partition coefficient (Wildman–Crippen LogP) is 8.02. The van der Waals surface area contributed by atoms with Crippen molar-refractivity contribution in [3.05, 3.63) is 167 Å². The smallest absolute Gasteiger partial charge is 0.115 e. The van der Waals surface area contributed by atoms with Crippen LogP contribution in [0, 0.1) is 0 Å². The fourth-order valence-electron chi connectivity index (χ4n) is 5.62. The van der Waals surface area contributed by atoms with E-state index in [2.05, 4.69) is 24.3 Å². The van der Waals surface area contributed by atoms with Crippen molar-refractivity contribution in [2.75, 3.05) is 0 Å². The van der Waals surface area contributed by atoms with E-state index in [1.807, 2.05) is 60.7 Å². The molecule has 4 N–H and O–H groups in total. The molecule has 0 bridgehead atoms. The lowest BCUT2D eigenvalue weighted by atomic mass is 9.78. The van der Waals surface area contributed by atoms with E-state index in [0.29, 0.717) is 0 Å². The Morgan fingerprint density at radius 2 is 0.550 bits per heavy atom. The van der Waals surface area contributed by atoms with E-state index in [0.717, 1.165) is 44.2 Å². The van der Waals surface area contributed by atoms with Crippen LogP contribution in [0.15, 0.2) is 133 Å². The van der Waals surface area contributed by atoms with Crippen molar-refractivity contribution in [3.63, 3.8) is 0 Å². The summed E-state index contributed by atoms with van der Waals surface area (Å²) < 4.78 is 0. The third-order valence-corrected chi connectivity index (χ3v) is 7.52. The summed E-state index contributed by atoms with van der Waals surface area (Å²) in [5.74, 6) is 0.554. The molecule has 6 aromatic rings. The standard InChI is InChI=1S/C36H28O4/c37-27-13-5-23(6-14-27)35(24-7-15-28(38)16-8-24)33-21-22-34(32-4-2-1-3-31(32)33)36(25-9-17-29(39)18-10-25)26-11-19-30(40)20-12-26/h1-22,35-40H. The minimum Gasteiger partial charge on any atom is -0.508 e. The minimum atomic E-state index is -0.138. The van der Waals surface area contributed by atoms with E-state index in [1.165, 1.54) is 0 Å². The fourth-order valence-corrected chi connectivity index (χ4v) is 5.62. The minimum absolute atomic E-state index is 0.138. The van der Waals surface area contributed by atoms with Crippen LogP contribution in [0.1, 0.15) is 45.2 Å². The molecule has 0 aliphatic heterocycles. The molecule has 0 spiro atoms. The third kappa shape index (κ3) is 4.83. The first kappa shape index (κ1) is 25.1. The summed E-state index contributed by atoms with van der Waals surface area (Å²) >= 11 is 0. The van der Waals surface area contributed by atoms with Gasteiger partial charge in [-0.05, 0) is 92.7 Å². The Kier molecular flexibility index (Phi) is 6.59. The van der Waals surface area contributed by atoms with Crippen LogP contribution in [-0.4, -0.2) is 20.4 Å². The number of phenols is 4. The summed E-state index contributed by atoms with van der Waals surface area (Å²) in [7, 11) is 0. The highest BCUT2D eigenvalue weighted by molar-refractivity contribution is 5.91. The van der Waals surface area contributed by atoms with Gasteiger partial charge in [0, 0.05) is 11.8 Å². The predicted molar refractivity (Wildman–Crippen MR) is 158 cm³/mol. The zero-order valence-electron chi connectivity index (χ0n) is 21.6. The van der Waals surface area contributed by atoms with Gasteiger partial charge in [-0.1, -0.05) is 84.9 Å². The highest BCUT2D eigenvalue weighted by atomic mass is 16.3. The van der Waals surface area contributed by atoms with Crippen LogP contribution in [-0.2, 0) is 0 Å². The Labute approximate surface area is 232 Å². The molecule has 6 aromatic carbocycles. The Bertz CT molecular complexity index is 1530. The number of fused-ring (bicyclic) bond motifs is 1. The summed E-state index contributed by atoms with van der Waals surface area (Å²) in [4.78, 5) is 0. The molecule has 0 fully saturated rings. The first-order chi connectivity index (χ1) is 19.5. The van der Waals surface area contributed by atoms with E-state index in [4.69, 9.17) is 0 Å². The molecule has 0 saturated heterocycles. The van der Waals surface area contributed by atoms with E-state index in [9.17, 15) is 20.4 Å². The second-order valence-corrected chi connectivity index (χ2v) is 10.0. The molecule has 0 atom stereocenters. The maximum absolute atomic E-state index is 9.97. The van der Waals surface area contributed by atoms with Crippen molar-refractivity contribution >= 4 is 10.8 Å². The molecular weight excluding hydrogens is 496 g/mol. The number of aromatic hydroxyl groups is 4. The lowest BCUT2D eigenvalue weighted by Gasteiger charge is -2.25. The normalized spacial score (nSPS) is 11.3. The van der Waals surface area contributed by atoms with E-state index >= 15 is 0 Å². The largest absolute Gasteiger partial charge is 0.508 e. The summed E-state index contributed by atoms with van der Waals surface area (Å²) in [5.41, 5.74) is 6.30. The topological polar surface area (TPSA) is 80.9 Å². The van der Waals surface area contributed by atoms with Gasteiger partial charge < -0.3 is 20.4 Å². The van der Waals surface area contributed by atoms with Crippen molar-refractivity contribution in [2.45, 2.75) is 11.8 Å². The second kappa shape index (κ2) is 10.5. The number of benzene rings is 6. The molecule has 40 heavy (non-hydrogen) atoms. The quantitative estimate of drug-likeness (QED) is 0.166. The number of hydrogen-bond acceptors (Lipinski definition) is 4. The zero-order valence-corrected chi connectivity index (χ0v) is 21.6. The van der Waals surface area contributed by atoms with Crippen molar-refractivity contribution in [1.82, 2.24) is 0 Å². The molecule has 0 unspecified atom stereocenters. The number of rotatable bonds is 6. The Morgan fingerprint density at radius 1 is 0.300 bits per heavy atom. The second-order valence-electron chi connectivity index (χ2n) is 10.0. The van der Waals surface area contributed by atoms with Gasteiger partial charge in [-0.2, -0.15) is 0 Å². The molecular formula is C36H28O4. The molecule has 0 radical (unpaired) electrons. The fraction of sp³-hybridized carbons (Fsp3) is 0.0556. The number of hydrogen-bond donors (Lipinski definition) is 4. The van der Waals surface area contributed by atoms with Gasteiger partial charge >= 0.3 is 0 Å². The van der Waals surface area contributed by atoms with Gasteiger partial charge in [0.1, 0.15) is 23.0 Å². The zero-order chi connectivity index (χ0) is 27.6. The van der Waals surface area contributed by atoms with Crippen molar-refractivity contribution in [2.24, 2.45) is 0 Å². The van der Waals surface area contributed by atoms with Gasteiger partial charge in [0.05, 0.1) is 0 Å². The van der Waals surface area contributed by atoms with Gasteiger partial charge in [-0.15, -0.1) is 0 Å². The summed E-state index contributed by atoms with van der Waals surface area (Å²) in [5, 5.41) is 42.1. The van der Waals surface area contributed by atoms with Gasteiger partial charge in [0.25, 0.3) is 0 Å². The van der Waals surface area contributed by atoms with Crippen molar-refractivity contribution in [3.8, 4) is 23.0 Å². The van der Waals surface area contributed by atoms with Gasteiger partial charge in [-0.3, -0.25) is 0 Å². The SMILES string of the molecule is Oc1ccc(C(c2ccc(O)cc2)c2ccc(C(c3ccc(O)cc3)c3ccc(O)cc3)c3ccccc23)cc1. The highest BCUT2D eigenvalue weighted by Crippen LogP contribution is 2.42. The van der Waals surface area contributed by atoms with Gasteiger partial charge in [0.2, 0.25) is 0 Å². The lowest BCUT2D eigenvalue weighted by Crippen LogP contribution is -2.08. The average Bonchev–Trinajstić information content (AvgIpc) is 2.98. The molecule has 0 heterocycles. The first-order valence-corrected chi connectivity index (χ1v) is 13.1. The molecule has 4 heteroatoms. The first-order valence-electron chi connectivity index (χ1n) is 13.1. The molecule has 0 aliphatic carbocycles. The van der Waals surface area contributed by atoms with E-state index in [-0.39, 0.29) is 34.8 Å². The molecule has 4 nitrogen and oxygen atoms in total. The lowest BCUT2D eigenvalue weighted by molar-refractivity contribution is 0.474. The summed E-state index contributed by atoms with van der Waals surface area (Å²) in [6, 6.07) is 41.7. The molecule has 6 rings (SSSR count). The average molecular weight is 525 g/mol. The van der Waals surface area contributed by atoms with Crippen LogP contribution in [0.5, 0.6) is 23.0 Å². The van der Waals surface area contributed by atoms with Crippen LogP contribution in [0.4, 0.5) is 0 Å². The third-order valence-electron chi connectivity index (χ3n) is 7.52. The van der Waals surface area contributed by atoms with Crippen LogP contribution < -0.4 is 0 Å². The van der Waals surface area contributed by atoms with Crippen molar-refractivity contribution < 1.29 is 20.4 Å². The Balaban J connectivity index is 1.59. The van der Waals surface area contributed by atoms with Gasteiger partial charge in [-0.25, -0.2) is 0 Å². The van der Waals surface area contributed by atoms with Gasteiger partial charge in [0.15, 0.2) is 0 Å². The molecule has 0 aromatic heterocycles. The van der Waals surface area contributed by atoms with Crippen LogP contribution in [0.3, 0.4) is 0 Å². The van der Waals surface area contributed by atoms with Crippen LogP contribution in [0.25, 0.3) is 10.8 Å². The van der Waals surface area contributed by atoms with E-state index < -0.39 is 0 Å². The number of phenolic OH excluding ortho intramolecular Hbond substituents is 4. The van der Waals surface area contributed by atoms with Crippen molar-refractivity contribution in [1.29, 1.82) is 0 Å². The molecule has 196 valence electrons. The monoisotopic (exact) mass is 524 g/mol.